The Morgan fingerprint density at radius 3 is 2.86 bits per heavy atom. The zero-order valence-electron chi connectivity index (χ0n) is 7.43. The van der Waals surface area contributed by atoms with Crippen molar-refractivity contribution in [3.8, 4) is 0 Å². The number of aliphatic hydroxyl groups is 2. The molecule has 4 nitrogen and oxygen atoms in total. The van der Waals surface area contributed by atoms with Gasteiger partial charge in [0.2, 0.25) is 0 Å². The third-order valence-corrected chi connectivity index (χ3v) is 2.29. The normalized spacial score (nSPS) is 22.1. The summed E-state index contributed by atoms with van der Waals surface area (Å²) in [6, 6.07) is 3.45. The zero-order chi connectivity index (χ0) is 10.1. The predicted octanol–water partition coefficient (Wildman–Crippen LogP) is 0.968. The average Bonchev–Trinajstić information content (AvgIpc) is 2.71. The SMILES string of the molecule is O=C1CC(O)C(Cc2ccco2)=C1O. The minimum atomic E-state index is -0.868. The lowest BCUT2D eigenvalue weighted by Gasteiger charge is -2.04. The van der Waals surface area contributed by atoms with E-state index in [2.05, 4.69) is 0 Å². The number of hydrogen-bond donors (Lipinski definition) is 2. The molecule has 0 bridgehead atoms. The number of furan rings is 1. The van der Waals surface area contributed by atoms with Gasteiger partial charge >= 0.3 is 0 Å². The molecule has 0 amide bonds. The zero-order valence-corrected chi connectivity index (χ0v) is 7.43. The lowest BCUT2D eigenvalue weighted by molar-refractivity contribution is -0.117. The molecule has 0 aliphatic heterocycles. The predicted molar refractivity (Wildman–Crippen MR) is 47.7 cm³/mol. The summed E-state index contributed by atoms with van der Waals surface area (Å²) >= 11 is 0. The quantitative estimate of drug-likeness (QED) is 0.735. The first-order valence-electron chi connectivity index (χ1n) is 4.34. The number of allylic oxidation sites excluding steroid dienone is 1. The third kappa shape index (κ3) is 1.44. The summed E-state index contributed by atoms with van der Waals surface area (Å²) in [5, 5.41) is 18.8. The number of ketones is 1. The molecule has 4 heteroatoms. The van der Waals surface area contributed by atoms with Crippen molar-refractivity contribution < 1.29 is 19.4 Å². The topological polar surface area (TPSA) is 70.7 Å². The van der Waals surface area contributed by atoms with Crippen LogP contribution >= 0.6 is 0 Å². The van der Waals surface area contributed by atoms with Crippen LogP contribution in [0.25, 0.3) is 0 Å². The molecule has 0 spiro atoms. The van der Waals surface area contributed by atoms with Crippen molar-refractivity contribution in [1.82, 2.24) is 0 Å². The summed E-state index contributed by atoms with van der Waals surface area (Å²) < 4.78 is 5.06. The first-order chi connectivity index (χ1) is 6.68. The minimum absolute atomic E-state index is 0.0259. The number of rotatable bonds is 2. The van der Waals surface area contributed by atoms with Gasteiger partial charge in [0, 0.05) is 18.4 Å². The van der Waals surface area contributed by atoms with Crippen molar-refractivity contribution in [2.45, 2.75) is 18.9 Å². The van der Waals surface area contributed by atoms with Crippen LogP contribution in [-0.4, -0.2) is 22.1 Å². The summed E-state index contributed by atoms with van der Waals surface area (Å²) in [6.07, 6.45) is 0.900. The standard InChI is InChI=1S/C10H10O4/c11-8-5-9(12)10(13)7(8)4-6-2-1-3-14-6/h1-3,8,11,13H,4-5H2. The molecule has 2 rings (SSSR count). The highest BCUT2D eigenvalue weighted by atomic mass is 16.3. The molecule has 0 aromatic carbocycles. The lowest BCUT2D eigenvalue weighted by atomic mass is 10.1. The monoisotopic (exact) mass is 194 g/mol. The van der Waals surface area contributed by atoms with E-state index < -0.39 is 11.9 Å². The second-order valence-electron chi connectivity index (χ2n) is 3.27. The van der Waals surface area contributed by atoms with Crippen molar-refractivity contribution in [3.05, 3.63) is 35.5 Å². The molecule has 0 fully saturated rings. The van der Waals surface area contributed by atoms with E-state index in [0.717, 1.165) is 0 Å². The van der Waals surface area contributed by atoms with E-state index in [1.165, 1.54) is 6.26 Å². The summed E-state index contributed by atoms with van der Waals surface area (Å²) in [6.45, 7) is 0. The fourth-order valence-corrected chi connectivity index (χ4v) is 1.53. The molecule has 74 valence electrons. The second-order valence-corrected chi connectivity index (χ2v) is 3.27. The maximum atomic E-state index is 11.0. The molecule has 14 heavy (non-hydrogen) atoms. The first-order valence-corrected chi connectivity index (χ1v) is 4.34. The molecule has 1 heterocycles. The van der Waals surface area contributed by atoms with Crippen LogP contribution in [0.1, 0.15) is 12.2 Å². The highest BCUT2D eigenvalue weighted by Gasteiger charge is 2.30. The number of hydrogen-bond acceptors (Lipinski definition) is 4. The first kappa shape index (κ1) is 9.02. The fourth-order valence-electron chi connectivity index (χ4n) is 1.53. The Morgan fingerprint density at radius 2 is 2.36 bits per heavy atom. The van der Waals surface area contributed by atoms with E-state index in [4.69, 9.17) is 4.42 Å². The van der Waals surface area contributed by atoms with E-state index >= 15 is 0 Å². The number of Topliss-reactive ketones (excluding diaryl/α,β-unsaturated/α-hetero) is 1. The van der Waals surface area contributed by atoms with Crippen molar-refractivity contribution in [2.75, 3.05) is 0 Å². The number of carbonyl (C=O) groups excluding carboxylic acids is 1. The Morgan fingerprint density at radius 1 is 1.57 bits per heavy atom. The van der Waals surface area contributed by atoms with E-state index in [0.29, 0.717) is 11.3 Å². The smallest absolute Gasteiger partial charge is 0.200 e. The van der Waals surface area contributed by atoms with Gasteiger partial charge in [0.05, 0.1) is 12.4 Å². The molecular weight excluding hydrogens is 184 g/mol. The van der Waals surface area contributed by atoms with Crippen LogP contribution in [0.4, 0.5) is 0 Å². The van der Waals surface area contributed by atoms with E-state index in [1.54, 1.807) is 12.1 Å². The Bertz CT molecular complexity index is 375. The Kier molecular flexibility index (Phi) is 2.13. The van der Waals surface area contributed by atoms with E-state index in [1.807, 2.05) is 0 Å². The van der Waals surface area contributed by atoms with Gasteiger partial charge in [0.1, 0.15) is 5.76 Å². The van der Waals surface area contributed by atoms with Gasteiger partial charge in [-0.05, 0) is 12.1 Å². The molecule has 1 aliphatic carbocycles. The Labute approximate surface area is 80.5 Å². The van der Waals surface area contributed by atoms with Crippen LogP contribution in [0, 0.1) is 0 Å². The molecule has 0 saturated carbocycles. The molecule has 2 N–H and O–H groups in total. The molecule has 1 atom stereocenters. The minimum Gasteiger partial charge on any atom is -0.504 e. The van der Waals surface area contributed by atoms with Crippen LogP contribution in [0.3, 0.4) is 0 Å². The molecule has 0 saturated heterocycles. The molecule has 1 aromatic heterocycles. The third-order valence-electron chi connectivity index (χ3n) is 2.29. The van der Waals surface area contributed by atoms with E-state index in [9.17, 15) is 15.0 Å². The van der Waals surface area contributed by atoms with Gasteiger partial charge < -0.3 is 14.6 Å². The summed E-state index contributed by atoms with van der Waals surface area (Å²) in [7, 11) is 0. The Hall–Kier alpha value is -1.55. The molecule has 0 radical (unpaired) electrons. The van der Waals surface area contributed by atoms with Crippen LogP contribution < -0.4 is 0 Å². The van der Waals surface area contributed by atoms with Crippen molar-refractivity contribution in [2.24, 2.45) is 0 Å². The molecule has 1 aromatic rings. The Balaban J connectivity index is 2.22. The van der Waals surface area contributed by atoms with Gasteiger partial charge in [-0.15, -0.1) is 0 Å². The van der Waals surface area contributed by atoms with Crippen molar-refractivity contribution in [3.63, 3.8) is 0 Å². The molecule has 1 unspecified atom stereocenters. The van der Waals surface area contributed by atoms with Gasteiger partial charge in [-0.2, -0.15) is 0 Å². The maximum Gasteiger partial charge on any atom is 0.200 e. The van der Waals surface area contributed by atoms with Crippen molar-refractivity contribution in [1.29, 1.82) is 0 Å². The molecular formula is C10H10O4. The van der Waals surface area contributed by atoms with Gasteiger partial charge in [0.25, 0.3) is 0 Å². The maximum absolute atomic E-state index is 11.0. The van der Waals surface area contributed by atoms with Crippen LogP contribution in [0.15, 0.2) is 34.1 Å². The van der Waals surface area contributed by atoms with Gasteiger partial charge in [-0.1, -0.05) is 0 Å². The lowest BCUT2D eigenvalue weighted by Crippen LogP contribution is -2.07. The molecule has 1 aliphatic rings. The number of carbonyl (C=O) groups is 1. The van der Waals surface area contributed by atoms with Gasteiger partial charge in [-0.3, -0.25) is 4.79 Å². The number of aliphatic hydroxyl groups excluding tert-OH is 2. The van der Waals surface area contributed by atoms with Crippen LogP contribution in [0.2, 0.25) is 0 Å². The van der Waals surface area contributed by atoms with E-state index in [-0.39, 0.29) is 18.6 Å². The van der Waals surface area contributed by atoms with Crippen molar-refractivity contribution >= 4 is 5.78 Å². The van der Waals surface area contributed by atoms with Crippen LogP contribution in [-0.2, 0) is 11.2 Å². The summed E-state index contributed by atoms with van der Waals surface area (Å²) in [4.78, 5) is 11.0. The fraction of sp³-hybridized carbons (Fsp3) is 0.300. The highest BCUT2D eigenvalue weighted by molar-refractivity contribution is 5.97. The highest BCUT2D eigenvalue weighted by Crippen LogP contribution is 2.25. The summed E-state index contributed by atoms with van der Waals surface area (Å²) in [5.74, 6) is -0.0896. The largest absolute Gasteiger partial charge is 0.504 e. The van der Waals surface area contributed by atoms with Gasteiger partial charge in [0.15, 0.2) is 11.5 Å². The van der Waals surface area contributed by atoms with Gasteiger partial charge in [-0.25, -0.2) is 0 Å². The second kappa shape index (κ2) is 3.31. The average molecular weight is 194 g/mol. The van der Waals surface area contributed by atoms with Crippen LogP contribution in [0.5, 0.6) is 0 Å². The summed E-state index contributed by atoms with van der Waals surface area (Å²) in [5.41, 5.74) is 0.352.